The minimum absolute atomic E-state index is 0.0714. The summed E-state index contributed by atoms with van der Waals surface area (Å²) in [5, 5.41) is 7.62. The lowest BCUT2D eigenvalue weighted by molar-refractivity contribution is 0.102. The fourth-order valence-electron chi connectivity index (χ4n) is 6.14. The number of fused-ring (bicyclic) bond motifs is 3. The van der Waals surface area contributed by atoms with Gasteiger partial charge >= 0.3 is 0 Å². The number of thiophene rings is 1. The van der Waals surface area contributed by atoms with E-state index >= 15 is 0 Å². The minimum atomic E-state index is -0.0714. The molecule has 2 heterocycles. The quantitative estimate of drug-likeness (QED) is 0.205. The Hall–Kier alpha value is -4.48. The first-order valence-corrected chi connectivity index (χ1v) is 15.1. The van der Waals surface area contributed by atoms with Gasteiger partial charge in [0.25, 0.3) is 5.91 Å². The van der Waals surface area contributed by atoms with E-state index in [2.05, 4.69) is 83.5 Å². The number of aryl methyl sites for hydroxylation is 1. The van der Waals surface area contributed by atoms with E-state index in [9.17, 15) is 4.79 Å². The first-order chi connectivity index (χ1) is 20.2. The molecule has 0 radical (unpaired) electrons. The SMILES string of the molecule is Cc1c(C=Nc2sc3c(c2C(=O)Nc2ccccc2)CCCC3)c2ccccc2n1Cc1cccc2ccccc12. The first-order valence-electron chi connectivity index (χ1n) is 14.3. The highest BCUT2D eigenvalue weighted by molar-refractivity contribution is 7.16. The number of amides is 1. The molecule has 6 aromatic rings. The summed E-state index contributed by atoms with van der Waals surface area (Å²) in [7, 11) is 0. The molecule has 4 aromatic carbocycles. The maximum Gasteiger partial charge on any atom is 0.259 e. The number of aliphatic imine (C=N–C) groups is 1. The van der Waals surface area contributed by atoms with E-state index in [1.54, 1.807) is 11.3 Å². The van der Waals surface area contributed by atoms with E-state index in [1.807, 2.05) is 36.5 Å². The number of aromatic nitrogens is 1. The highest BCUT2D eigenvalue weighted by Gasteiger charge is 2.25. The summed E-state index contributed by atoms with van der Waals surface area (Å²) in [5.74, 6) is -0.0714. The highest BCUT2D eigenvalue weighted by Crippen LogP contribution is 2.40. The normalized spacial score (nSPS) is 13.2. The van der Waals surface area contributed by atoms with Crippen molar-refractivity contribution in [3.8, 4) is 0 Å². The monoisotopic (exact) mass is 553 g/mol. The molecule has 0 bridgehead atoms. The van der Waals surface area contributed by atoms with Gasteiger partial charge in [0.2, 0.25) is 0 Å². The molecule has 0 spiro atoms. The van der Waals surface area contributed by atoms with Gasteiger partial charge in [-0.15, -0.1) is 11.3 Å². The van der Waals surface area contributed by atoms with Crippen LogP contribution in [0.5, 0.6) is 0 Å². The number of para-hydroxylation sites is 2. The number of carbonyl (C=O) groups is 1. The number of anilines is 1. The molecule has 41 heavy (non-hydrogen) atoms. The van der Waals surface area contributed by atoms with Gasteiger partial charge in [0.1, 0.15) is 5.00 Å². The van der Waals surface area contributed by atoms with Crippen molar-refractivity contribution >= 4 is 55.8 Å². The second-order valence-corrected chi connectivity index (χ2v) is 11.8. The second kappa shape index (κ2) is 10.8. The van der Waals surface area contributed by atoms with Crippen molar-refractivity contribution in [3.05, 3.63) is 130 Å². The minimum Gasteiger partial charge on any atom is -0.340 e. The van der Waals surface area contributed by atoms with Crippen LogP contribution >= 0.6 is 11.3 Å². The molecule has 0 aliphatic heterocycles. The van der Waals surface area contributed by atoms with E-state index in [-0.39, 0.29) is 5.91 Å². The molecule has 0 atom stereocenters. The second-order valence-electron chi connectivity index (χ2n) is 10.7. The number of hydrogen-bond donors (Lipinski definition) is 1. The van der Waals surface area contributed by atoms with Crippen LogP contribution in [-0.2, 0) is 19.4 Å². The van der Waals surface area contributed by atoms with Gasteiger partial charge in [0.05, 0.1) is 5.56 Å². The summed E-state index contributed by atoms with van der Waals surface area (Å²) < 4.78 is 2.39. The molecular weight excluding hydrogens is 522 g/mol. The van der Waals surface area contributed by atoms with E-state index in [0.717, 1.165) is 54.0 Å². The Kier molecular flexibility index (Phi) is 6.73. The molecule has 0 unspecified atom stereocenters. The molecule has 1 aliphatic rings. The molecule has 1 aliphatic carbocycles. The van der Waals surface area contributed by atoms with Crippen molar-refractivity contribution in [1.29, 1.82) is 0 Å². The number of nitrogens with zero attached hydrogens (tertiary/aromatic N) is 2. The van der Waals surface area contributed by atoms with Gasteiger partial charge in [0, 0.05) is 45.5 Å². The first kappa shape index (κ1) is 25.5. The zero-order chi connectivity index (χ0) is 27.8. The Balaban J connectivity index is 1.29. The predicted molar refractivity (Wildman–Crippen MR) is 172 cm³/mol. The van der Waals surface area contributed by atoms with Crippen LogP contribution in [0.25, 0.3) is 21.7 Å². The van der Waals surface area contributed by atoms with Crippen molar-refractivity contribution in [1.82, 2.24) is 4.57 Å². The average Bonchev–Trinajstić information content (AvgIpc) is 3.51. The van der Waals surface area contributed by atoms with Gasteiger partial charge in [-0.3, -0.25) is 4.79 Å². The average molecular weight is 554 g/mol. The molecule has 202 valence electrons. The summed E-state index contributed by atoms with van der Waals surface area (Å²) in [6, 6.07) is 33.3. The Labute approximate surface area is 244 Å². The third-order valence-electron chi connectivity index (χ3n) is 8.21. The topological polar surface area (TPSA) is 46.4 Å². The molecule has 0 saturated heterocycles. The summed E-state index contributed by atoms with van der Waals surface area (Å²) in [6.07, 6.45) is 6.21. The van der Waals surface area contributed by atoms with Gasteiger partial charge in [0.15, 0.2) is 0 Å². The Bertz CT molecular complexity index is 1920. The highest BCUT2D eigenvalue weighted by atomic mass is 32.1. The summed E-state index contributed by atoms with van der Waals surface area (Å²) >= 11 is 1.68. The molecule has 5 heteroatoms. The van der Waals surface area contributed by atoms with E-state index in [4.69, 9.17) is 4.99 Å². The van der Waals surface area contributed by atoms with Gasteiger partial charge in [-0.05, 0) is 72.7 Å². The standard InChI is InChI=1S/C36H31N3OS/c1-24-31(29-18-7-9-20-32(29)39(24)23-26-14-11-13-25-12-5-6-17-28(25)26)22-37-36-34(30-19-8-10-21-33(30)41-36)35(40)38-27-15-3-2-4-16-27/h2-7,9,11-18,20,22H,8,10,19,21,23H2,1H3,(H,38,40). The van der Waals surface area contributed by atoms with E-state index in [1.165, 1.54) is 43.4 Å². The lowest BCUT2D eigenvalue weighted by atomic mass is 9.95. The van der Waals surface area contributed by atoms with Crippen LogP contribution in [-0.4, -0.2) is 16.7 Å². The van der Waals surface area contributed by atoms with Crippen molar-refractivity contribution in [2.45, 2.75) is 39.2 Å². The summed E-state index contributed by atoms with van der Waals surface area (Å²) in [6.45, 7) is 2.95. The van der Waals surface area contributed by atoms with Gasteiger partial charge in [-0.1, -0.05) is 78.9 Å². The number of hydrogen-bond acceptors (Lipinski definition) is 3. The lowest BCUT2D eigenvalue weighted by Gasteiger charge is -2.12. The fourth-order valence-corrected chi connectivity index (χ4v) is 7.37. The van der Waals surface area contributed by atoms with Crippen molar-refractivity contribution in [2.24, 2.45) is 4.99 Å². The molecule has 1 N–H and O–H groups in total. The molecule has 4 nitrogen and oxygen atoms in total. The third-order valence-corrected chi connectivity index (χ3v) is 9.41. The number of nitrogens with one attached hydrogen (secondary N) is 1. The zero-order valence-corrected chi connectivity index (χ0v) is 23.9. The number of rotatable bonds is 6. The smallest absolute Gasteiger partial charge is 0.259 e. The van der Waals surface area contributed by atoms with E-state index in [0.29, 0.717) is 0 Å². The summed E-state index contributed by atoms with van der Waals surface area (Å²) in [5.41, 5.74) is 7.46. The molecule has 1 amide bonds. The predicted octanol–water partition coefficient (Wildman–Crippen LogP) is 9.09. The fraction of sp³-hybridized carbons (Fsp3) is 0.167. The number of benzene rings is 4. The molecular formula is C36H31N3OS. The Morgan fingerprint density at radius 2 is 1.61 bits per heavy atom. The number of carbonyl (C=O) groups excluding carboxylic acids is 1. The third kappa shape index (κ3) is 4.76. The molecule has 0 fully saturated rings. The van der Waals surface area contributed by atoms with Crippen LogP contribution in [0.3, 0.4) is 0 Å². The van der Waals surface area contributed by atoms with Crippen LogP contribution in [0.15, 0.2) is 102 Å². The largest absolute Gasteiger partial charge is 0.340 e. The van der Waals surface area contributed by atoms with Crippen LogP contribution in [0.1, 0.15) is 50.5 Å². The Morgan fingerprint density at radius 1 is 0.878 bits per heavy atom. The van der Waals surface area contributed by atoms with Crippen LogP contribution in [0.4, 0.5) is 10.7 Å². The molecule has 7 rings (SSSR count). The van der Waals surface area contributed by atoms with Gasteiger partial charge < -0.3 is 9.88 Å². The maximum absolute atomic E-state index is 13.6. The van der Waals surface area contributed by atoms with Crippen LogP contribution < -0.4 is 5.32 Å². The molecule has 0 saturated carbocycles. The summed E-state index contributed by atoms with van der Waals surface area (Å²) in [4.78, 5) is 19.9. The molecule has 2 aromatic heterocycles. The lowest BCUT2D eigenvalue weighted by Crippen LogP contribution is -2.14. The van der Waals surface area contributed by atoms with Crippen LogP contribution in [0, 0.1) is 6.92 Å². The van der Waals surface area contributed by atoms with Crippen LogP contribution in [0.2, 0.25) is 0 Å². The van der Waals surface area contributed by atoms with E-state index < -0.39 is 0 Å². The maximum atomic E-state index is 13.6. The van der Waals surface area contributed by atoms with Crippen molar-refractivity contribution < 1.29 is 4.79 Å². The van der Waals surface area contributed by atoms with Crippen molar-refractivity contribution in [3.63, 3.8) is 0 Å². The van der Waals surface area contributed by atoms with Gasteiger partial charge in [-0.2, -0.15) is 0 Å². The zero-order valence-electron chi connectivity index (χ0n) is 23.1. The van der Waals surface area contributed by atoms with Crippen molar-refractivity contribution in [2.75, 3.05) is 5.32 Å². The Morgan fingerprint density at radius 3 is 2.49 bits per heavy atom. The van der Waals surface area contributed by atoms with Gasteiger partial charge in [-0.25, -0.2) is 4.99 Å².